The molecular formula is C12H18ClN3OS. The Morgan fingerprint density at radius 1 is 1.50 bits per heavy atom. The molecule has 4 nitrogen and oxygen atoms in total. The number of carbonyl (C=O) groups excluding carboxylic acids is 1. The molecule has 5 N–H and O–H groups in total. The number of nitrogens with two attached hydrogens (primary N) is 2. The first kappa shape index (κ1) is 15.0. The Hall–Kier alpha value is -1.07. The quantitative estimate of drug-likeness (QED) is 0.532. The smallest absolute Gasteiger partial charge is 0.250 e. The summed E-state index contributed by atoms with van der Waals surface area (Å²) in [6.07, 6.45) is 0.997. The van der Waals surface area contributed by atoms with E-state index in [-0.39, 0.29) is 0 Å². The van der Waals surface area contributed by atoms with Crippen LogP contribution < -0.4 is 16.8 Å². The summed E-state index contributed by atoms with van der Waals surface area (Å²) >= 11 is 7.94. The van der Waals surface area contributed by atoms with Crippen molar-refractivity contribution in [3.63, 3.8) is 0 Å². The Bertz CT molecular complexity index is 426. The van der Waals surface area contributed by atoms with E-state index in [1.165, 1.54) is 6.07 Å². The van der Waals surface area contributed by atoms with E-state index < -0.39 is 5.91 Å². The van der Waals surface area contributed by atoms with E-state index in [0.717, 1.165) is 24.5 Å². The van der Waals surface area contributed by atoms with Gasteiger partial charge in [-0.15, -0.1) is 0 Å². The minimum absolute atomic E-state index is 0.336. The maximum Gasteiger partial charge on any atom is 0.250 e. The van der Waals surface area contributed by atoms with Crippen molar-refractivity contribution in [2.24, 2.45) is 5.73 Å². The highest BCUT2D eigenvalue weighted by Crippen LogP contribution is 2.29. The Morgan fingerprint density at radius 3 is 2.83 bits per heavy atom. The van der Waals surface area contributed by atoms with Crippen LogP contribution in [0.5, 0.6) is 0 Å². The highest BCUT2D eigenvalue weighted by atomic mass is 35.5. The lowest BCUT2D eigenvalue weighted by Gasteiger charge is -2.12. The zero-order valence-corrected chi connectivity index (χ0v) is 11.9. The minimum atomic E-state index is -0.533. The van der Waals surface area contributed by atoms with Gasteiger partial charge in [0.05, 0.1) is 16.3 Å². The Kier molecular flexibility index (Phi) is 6.15. The molecule has 1 aromatic carbocycles. The summed E-state index contributed by atoms with van der Waals surface area (Å²) in [5, 5.41) is 3.57. The molecule has 0 unspecified atom stereocenters. The van der Waals surface area contributed by atoms with Gasteiger partial charge in [0.15, 0.2) is 0 Å². The molecule has 0 bridgehead atoms. The zero-order chi connectivity index (χ0) is 13.5. The van der Waals surface area contributed by atoms with Gasteiger partial charge < -0.3 is 16.8 Å². The number of amides is 1. The summed E-state index contributed by atoms with van der Waals surface area (Å²) in [4.78, 5) is 11.3. The lowest BCUT2D eigenvalue weighted by Crippen LogP contribution is -2.16. The second kappa shape index (κ2) is 7.38. The number of thioether (sulfide) groups is 1. The fourth-order valence-corrected chi connectivity index (χ4v) is 2.47. The van der Waals surface area contributed by atoms with E-state index in [1.54, 1.807) is 6.07 Å². The predicted octanol–water partition coefficient (Wildman–Crippen LogP) is 2.58. The second-order valence-electron chi connectivity index (χ2n) is 3.77. The number of hydrogen-bond donors (Lipinski definition) is 3. The standard InChI is InChI=1S/C12H18ClN3OS/c1-2-18-5-3-4-16-11-9(12(15)17)6-8(14)7-10(11)13/h6-7,16H,2-5,14H2,1H3,(H2,15,17). The third-order valence-electron chi connectivity index (χ3n) is 2.35. The first-order valence-corrected chi connectivity index (χ1v) is 7.30. The summed E-state index contributed by atoms with van der Waals surface area (Å²) in [5.74, 6) is 1.64. The van der Waals surface area contributed by atoms with Crippen molar-refractivity contribution in [2.75, 3.05) is 29.1 Å². The van der Waals surface area contributed by atoms with Crippen LogP contribution in [0.25, 0.3) is 0 Å². The van der Waals surface area contributed by atoms with Crippen LogP contribution >= 0.6 is 23.4 Å². The number of anilines is 2. The second-order valence-corrected chi connectivity index (χ2v) is 5.57. The molecule has 1 aromatic rings. The third kappa shape index (κ3) is 4.31. The number of benzene rings is 1. The van der Waals surface area contributed by atoms with Crippen LogP contribution in [0.4, 0.5) is 11.4 Å². The topological polar surface area (TPSA) is 81.1 Å². The Labute approximate surface area is 116 Å². The van der Waals surface area contributed by atoms with Gasteiger partial charge in [0.2, 0.25) is 0 Å². The molecule has 100 valence electrons. The van der Waals surface area contributed by atoms with Crippen molar-refractivity contribution in [1.29, 1.82) is 0 Å². The molecule has 0 aliphatic heterocycles. The Morgan fingerprint density at radius 2 is 2.22 bits per heavy atom. The zero-order valence-electron chi connectivity index (χ0n) is 10.3. The first-order valence-electron chi connectivity index (χ1n) is 5.76. The van der Waals surface area contributed by atoms with Gasteiger partial charge in [0.1, 0.15) is 0 Å². The summed E-state index contributed by atoms with van der Waals surface area (Å²) in [6, 6.07) is 3.15. The molecule has 0 fully saturated rings. The maximum absolute atomic E-state index is 11.3. The van der Waals surface area contributed by atoms with Crippen LogP contribution in [0, 0.1) is 0 Å². The van der Waals surface area contributed by atoms with E-state index in [0.29, 0.717) is 22.0 Å². The SMILES string of the molecule is CCSCCCNc1c(Cl)cc(N)cc1C(N)=O. The lowest BCUT2D eigenvalue weighted by molar-refractivity contribution is 0.100. The first-order chi connectivity index (χ1) is 8.56. The number of hydrogen-bond acceptors (Lipinski definition) is 4. The van der Waals surface area contributed by atoms with E-state index in [1.807, 2.05) is 11.8 Å². The highest BCUT2D eigenvalue weighted by Gasteiger charge is 2.12. The molecule has 0 spiro atoms. The fraction of sp³-hybridized carbons (Fsp3) is 0.417. The van der Waals surface area contributed by atoms with Crippen molar-refractivity contribution in [3.8, 4) is 0 Å². The maximum atomic E-state index is 11.3. The van der Waals surface area contributed by atoms with E-state index in [4.69, 9.17) is 23.1 Å². The number of nitrogens with one attached hydrogen (secondary N) is 1. The highest BCUT2D eigenvalue weighted by molar-refractivity contribution is 7.99. The van der Waals surface area contributed by atoms with Crippen molar-refractivity contribution < 1.29 is 4.79 Å². The van der Waals surface area contributed by atoms with Crippen LogP contribution in [0.15, 0.2) is 12.1 Å². The summed E-state index contributed by atoms with van der Waals surface area (Å²) in [6.45, 7) is 2.87. The average molecular weight is 288 g/mol. The molecule has 0 aliphatic carbocycles. The van der Waals surface area contributed by atoms with Crippen LogP contribution in [-0.2, 0) is 0 Å². The van der Waals surface area contributed by atoms with Crippen LogP contribution in [0.2, 0.25) is 5.02 Å². The van der Waals surface area contributed by atoms with Crippen molar-refractivity contribution in [2.45, 2.75) is 13.3 Å². The minimum Gasteiger partial charge on any atom is -0.399 e. The molecule has 18 heavy (non-hydrogen) atoms. The fourth-order valence-electron chi connectivity index (χ4n) is 1.53. The summed E-state index contributed by atoms with van der Waals surface area (Å²) < 4.78 is 0. The molecule has 0 heterocycles. The molecule has 0 atom stereocenters. The molecule has 1 rings (SSSR count). The number of nitrogen functional groups attached to an aromatic ring is 1. The van der Waals surface area contributed by atoms with E-state index >= 15 is 0 Å². The molecule has 0 aromatic heterocycles. The van der Waals surface area contributed by atoms with Gasteiger partial charge in [-0.25, -0.2) is 0 Å². The molecule has 6 heteroatoms. The van der Waals surface area contributed by atoms with Gasteiger partial charge in [-0.2, -0.15) is 11.8 Å². The molecular weight excluding hydrogens is 270 g/mol. The van der Waals surface area contributed by atoms with Gasteiger partial charge in [0, 0.05) is 12.2 Å². The molecule has 0 saturated heterocycles. The largest absolute Gasteiger partial charge is 0.399 e. The average Bonchev–Trinajstić information content (AvgIpc) is 2.30. The van der Waals surface area contributed by atoms with Crippen molar-refractivity contribution >= 4 is 40.6 Å². The van der Waals surface area contributed by atoms with Gasteiger partial charge >= 0.3 is 0 Å². The van der Waals surface area contributed by atoms with E-state index in [9.17, 15) is 4.79 Å². The van der Waals surface area contributed by atoms with E-state index in [2.05, 4.69) is 12.2 Å². The number of halogens is 1. The van der Waals surface area contributed by atoms with Gasteiger partial charge in [-0.3, -0.25) is 4.79 Å². The number of primary amides is 1. The molecule has 0 radical (unpaired) electrons. The molecule has 0 aliphatic rings. The van der Waals surface area contributed by atoms with Gasteiger partial charge in [-0.05, 0) is 30.1 Å². The summed E-state index contributed by atoms with van der Waals surface area (Å²) in [5.41, 5.74) is 12.3. The molecule has 0 saturated carbocycles. The van der Waals surface area contributed by atoms with Gasteiger partial charge in [-0.1, -0.05) is 18.5 Å². The van der Waals surface area contributed by atoms with Crippen LogP contribution in [-0.4, -0.2) is 24.0 Å². The van der Waals surface area contributed by atoms with Crippen molar-refractivity contribution in [1.82, 2.24) is 0 Å². The van der Waals surface area contributed by atoms with Crippen molar-refractivity contribution in [3.05, 3.63) is 22.7 Å². The van der Waals surface area contributed by atoms with Gasteiger partial charge in [0.25, 0.3) is 5.91 Å². The summed E-state index contributed by atoms with van der Waals surface area (Å²) in [7, 11) is 0. The molecule has 1 amide bonds. The predicted molar refractivity (Wildman–Crippen MR) is 80.5 cm³/mol. The number of rotatable bonds is 7. The van der Waals surface area contributed by atoms with Crippen LogP contribution in [0.1, 0.15) is 23.7 Å². The Balaban J connectivity index is 2.71. The number of carbonyl (C=O) groups is 1. The third-order valence-corrected chi connectivity index (χ3v) is 3.63. The monoisotopic (exact) mass is 287 g/mol. The lowest BCUT2D eigenvalue weighted by atomic mass is 10.1. The normalized spacial score (nSPS) is 10.3. The van der Waals surface area contributed by atoms with Crippen LogP contribution in [0.3, 0.4) is 0 Å².